The molecule has 0 fully saturated rings. The Labute approximate surface area is 214 Å². The topological polar surface area (TPSA) is 97.2 Å². The molecule has 0 saturated carbocycles. The van der Waals surface area contributed by atoms with Gasteiger partial charge in [-0.05, 0) is 25.0 Å². The number of hydrogen-bond acceptors (Lipinski definition) is 7. The molecule has 0 aliphatic carbocycles. The van der Waals surface area contributed by atoms with Crippen molar-refractivity contribution in [3.05, 3.63) is 88.7 Å². The number of aliphatic hydroxyl groups is 1. The van der Waals surface area contributed by atoms with Crippen LogP contribution in [0, 0.1) is 6.92 Å². The van der Waals surface area contributed by atoms with Crippen LogP contribution in [0.1, 0.15) is 34.9 Å². The Morgan fingerprint density at radius 3 is 2.61 bits per heavy atom. The first-order valence-electron chi connectivity index (χ1n) is 11.8. The van der Waals surface area contributed by atoms with Crippen molar-refractivity contribution in [1.29, 1.82) is 0 Å². The third-order valence-electron chi connectivity index (χ3n) is 6.10. The molecule has 182 valence electrons. The van der Waals surface area contributed by atoms with Gasteiger partial charge in [0, 0.05) is 35.0 Å². The Bertz CT molecular complexity index is 1430. The molecule has 0 atom stereocenters. The molecule has 7 nitrogen and oxygen atoms in total. The van der Waals surface area contributed by atoms with Crippen LogP contribution in [0.4, 0.5) is 5.69 Å². The largest absolute Gasteiger partial charge is 0.436 e. The van der Waals surface area contributed by atoms with E-state index >= 15 is 0 Å². The van der Waals surface area contributed by atoms with Crippen LogP contribution in [0.5, 0.6) is 11.6 Å². The minimum atomic E-state index is -0.140. The van der Waals surface area contributed by atoms with E-state index in [2.05, 4.69) is 17.2 Å². The Morgan fingerprint density at radius 1 is 1.06 bits per heavy atom. The summed E-state index contributed by atoms with van der Waals surface area (Å²) in [5, 5.41) is 13.6. The second-order valence-corrected chi connectivity index (χ2v) is 9.43. The summed E-state index contributed by atoms with van der Waals surface area (Å²) in [5.41, 5.74) is 5.89. The van der Waals surface area contributed by atoms with Crippen molar-refractivity contribution >= 4 is 23.4 Å². The van der Waals surface area contributed by atoms with Crippen LogP contribution in [-0.4, -0.2) is 31.7 Å². The molecule has 5 rings (SSSR count). The molecule has 2 aromatic carbocycles. The van der Waals surface area contributed by atoms with E-state index in [4.69, 9.17) is 14.7 Å². The van der Waals surface area contributed by atoms with Crippen LogP contribution in [0.15, 0.2) is 65.8 Å². The van der Waals surface area contributed by atoms with Gasteiger partial charge in [0.1, 0.15) is 5.03 Å². The van der Waals surface area contributed by atoms with E-state index in [0.717, 1.165) is 40.1 Å². The Kier molecular flexibility index (Phi) is 6.97. The zero-order chi connectivity index (χ0) is 25.1. The van der Waals surface area contributed by atoms with Gasteiger partial charge in [0.2, 0.25) is 11.8 Å². The van der Waals surface area contributed by atoms with Crippen LogP contribution in [0.2, 0.25) is 0 Å². The van der Waals surface area contributed by atoms with Gasteiger partial charge in [0.15, 0.2) is 11.6 Å². The molecule has 3 heterocycles. The summed E-state index contributed by atoms with van der Waals surface area (Å²) in [7, 11) is 0. The lowest BCUT2D eigenvalue weighted by molar-refractivity contribution is -0.113. The van der Waals surface area contributed by atoms with Crippen LogP contribution in [0.25, 0.3) is 11.4 Å². The number of nitrogens with one attached hydrogen (secondary N) is 1. The third-order valence-corrected chi connectivity index (χ3v) is 7.12. The number of anilines is 1. The second kappa shape index (κ2) is 10.5. The summed E-state index contributed by atoms with van der Waals surface area (Å²) >= 11 is 1.36. The first kappa shape index (κ1) is 24.0. The number of ether oxygens (including phenoxy) is 1. The van der Waals surface area contributed by atoms with Crippen molar-refractivity contribution in [3.8, 4) is 23.0 Å². The number of carbonyl (C=O) groups is 1. The molecule has 1 amide bonds. The van der Waals surface area contributed by atoms with Gasteiger partial charge in [-0.3, -0.25) is 9.78 Å². The van der Waals surface area contributed by atoms with Crippen molar-refractivity contribution in [2.75, 3.05) is 11.1 Å². The molecule has 8 heteroatoms. The van der Waals surface area contributed by atoms with E-state index in [0.29, 0.717) is 34.5 Å². The van der Waals surface area contributed by atoms with Gasteiger partial charge < -0.3 is 15.2 Å². The van der Waals surface area contributed by atoms with E-state index in [-0.39, 0.29) is 18.3 Å². The van der Waals surface area contributed by atoms with Crippen molar-refractivity contribution in [3.63, 3.8) is 0 Å². The van der Waals surface area contributed by atoms with Crippen molar-refractivity contribution < 1.29 is 14.6 Å². The molecule has 0 radical (unpaired) electrons. The summed E-state index contributed by atoms with van der Waals surface area (Å²) < 4.78 is 6.25. The zero-order valence-electron chi connectivity index (χ0n) is 20.1. The summed E-state index contributed by atoms with van der Waals surface area (Å²) in [4.78, 5) is 26.8. The van der Waals surface area contributed by atoms with Crippen LogP contribution in [-0.2, 0) is 24.2 Å². The average molecular weight is 499 g/mol. The first-order chi connectivity index (χ1) is 17.6. The zero-order valence-corrected chi connectivity index (χ0v) is 20.9. The number of aromatic nitrogens is 3. The lowest BCUT2D eigenvalue weighted by atomic mass is 9.99. The van der Waals surface area contributed by atoms with Crippen LogP contribution < -0.4 is 10.1 Å². The molecule has 1 aliphatic rings. The molecule has 0 saturated heterocycles. The van der Waals surface area contributed by atoms with E-state index in [1.165, 1.54) is 11.8 Å². The number of aryl methyl sites for hydroxylation is 2. The second-order valence-electron chi connectivity index (χ2n) is 8.46. The normalized spacial score (nSPS) is 11.9. The first-order valence-corrected chi connectivity index (χ1v) is 12.8. The highest BCUT2D eigenvalue weighted by Gasteiger charge is 2.28. The molecule has 0 spiro atoms. The van der Waals surface area contributed by atoms with Gasteiger partial charge in [0.05, 0.1) is 23.6 Å². The van der Waals surface area contributed by atoms with Gasteiger partial charge in [-0.25, -0.2) is 4.98 Å². The van der Waals surface area contributed by atoms with E-state index in [9.17, 15) is 9.90 Å². The molecule has 0 bridgehead atoms. The average Bonchev–Trinajstić information content (AvgIpc) is 2.92. The van der Waals surface area contributed by atoms with Gasteiger partial charge in [-0.15, -0.1) is 0 Å². The number of amides is 1. The minimum absolute atomic E-state index is 0.109. The number of para-hydroxylation sites is 1. The SMILES string of the molecule is CCc1ccccc1NC(=O)CSc1nc(-c2ccccc2)nc2c1Cc1c(CO)cnc(C)c1O2. The fourth-order valence-corrected chi connectivity index (χ4v) is 5.03. The number of nitrogens with zero attached hydrogens (tertiary/aromatic N) is 3. The van der Waals surface area contributed by atoms with Gasteiger partial charge >= 0.3 is 0 Å². The van der Waals surface area contributed by atoms with Crippen molar-refractivity contribution in [2.45, 2.75) is 38.3 Å². The Morgan fingerprint density at radius 2 is 1.83 bits per heavy atom. The maximum absolute atomic E-state index is 12.9. The van der Waals surface area contributed by atoms with Gasteiger partial charge in [0.25, 0.3) is 0 Å². The maximum Gasteiger partial charge on any atom is 0.234 e. The van der Waals surface area contributed by atoms with Crippen LogP contribution >= 0.6 is 11.8 Å². The molecule has 1 aliphatic heterocycles. The van der Waals surface area contributed by atoms with E-state index in [1.807, 2.05) is 61.5 Å². The molecular weight excluding hydrogens is 472 g/mol. The quantitative estimate of drug-likeness (QED) is 0.231. The van der Waals surface area contributed by atoms with Crippen LogP contribution in [0.3, 0.4) is 0 Å². The molecule has 0 unspecified atom stereocenters. The molecule has 36 heavy (non-hydrogen) atoms. The summed E-state index contributed by atoms with van der Waals surface area (Å²) in [6.07, 6.45) is 3.00. The Hall–Kier alpha value is -3.75. The van der Waals surface area contributed by atoms with Crippen molar-refractivity contribution in [1.82, 2.24) is 15.0 Å². The summed E-state index contributed by atoms with van der Waals surface area (Å²) in [5.74, 6) is 1.68. The highest BCUT2D eigenvalue weighted by atomic mass is 32.2. The fraction of sp³-hybridized carbons (Fsp3) is 0.214. The predicted molar refractivity (Wildman–Crippen MR) is 140 cm³/mol. The monoisotopic (exact) mass is 498 g/mol. The van der Waals surface area contributed by atoms with E-state index in [1.54, 1.807) is 6.20 Å². The highest BCUT2D eigenvalue weighted by Crippen LogP contribution is 2.42. The summed E-state index contributed by atoms with van der Waals surface area (Å²) in [6, 6.07) is 17.5. The highest BCUT2D eigenvalue weighted by molar-refractivity contribution is 8.00. The standard InChI is InChI=1S/C28H26N4O3S/c1-3-18-9-7-8-12-23(18)30-24(34)16-36-28-22-13-21-20(15-33)14-29-17(2)25(21)35-27(22)31-26(32-28)19-10-5-4-6-11-19/h4-12,14,33H,3,13,15-16H2,1-2H3,(H,30,34). The number of hydrogen-bond donors (Lipinski definition) is 2. The smallest absolute Gasteiger partial charge is 0.234 e. The molecule has 2 N–H and O–H groups in total. The molecular formula is C28H26N4O3S. The van der Waals surface area contributed by atoms with Crippen molar-refractivity contribution in [2.24, 2.45) is 0 Å². The number of fused-ring (bicyclic) bond motifs is 2. The molecule has 2 aromatic heterocycles. The third kappa shape index (κ3) is 4.82. The number of thioether (sulfide) groups is 1. The minimum Gasteiger partial charge on any atom is -0.436 e. The lowest BCUT2D eigenvalue weighted by Crippen LogP contribution is -2.16. The molecule has 4 aromatic rings. The number of aliphatic hydroxyl groups excluding tert-OH is 1. The van der Waals surface area contributed by atoms with Gasteiger partial charge in [-0.1, -0.05) is 67.2 Å². The lowest BCUT2D eigenvalue weighted by Gasteiger charge is -2.24. The number of benzene rings is 2. The summed E-state index contributed by atoms with van der Waals surface area (Å²) in [6.45, 7) is 3.80. The maximum atomic E-state index is 12.9. The number of pyridine rings is 1. The number of carbonyl (C=O) groups excluding carboxylic acids is 1. The van der Waals surface area contributed by atoms with Gasteiger partial charge in [-0.2, -0.15) is 4.98 Å². The van der Waals surface area contributed by atoms with E-state index < -0.39 is 0 Å². The number of rotatable bonds is 7. The predicted octanol–water partition coefficient (Wildman–Crippen LogP) is 5.33. The fourth-order valence-electron chi connectivity index (χ4n) is 4.20. The Balaban J connectivity index is 1.48.